The van der Waals surface area contributed by atoms with Crippen molar-refractivity contribution >= 4 is 5.69 Å². The van der Waals surface area contributed by atoms with Crippen LogP contribution in [0, 0.1) is 0 Å². The van der Waals surface area contributed by atoms with E-state index >= 15 is 0 Å². The number of rotatable bonds is 3. The third kappa shape index (κ3) is 3.73. The molecule has 0 spiro atoms. The highest BCUT2D eigenvalue weighted by Gasteiger charge is 2.26. The summed E-state index contributed by atoms with van der Waals surface area (Å²) in [6, 6.07) is 7.18. The molecule has 2 heterocycles. The van der Waals surface area contributed by atoms with Gasteiger partial charge in [-0.1, -0.05) is 6.07 Å². The summed E-state index contributed by atoms with van der Waals surface area (Å²) in [6.07, 6.45) is 2.34. The molecule has 0 bridgehead atoms. The molecule has 0 amide bonds. The quantitative estimate of drug-likeness (QED) is 0.899. The number of nitrogens with one attached hydrogen (secondary N) is 2. The van der Waals surface area contributed by atoms with E-state index in [1.165, 1.54) is 18.5 Å². The van der Waals surface area contributed by atoms with Crippen LogP contribution in [-0.4, -0.2) is 49.3 Å². The van der Waals surface area contributed by atoms with Gasteiger partial charge >= 0.3 is 0 Å². The Morgan fingerprint density at radius 1 is 1.27 bits per heavy atom. The molecular formula is C18H29N3O. The lowest BCUT2D eigenvalue weighted by Gasteiger charge is -2.34. The van der Waals surface area contributed by atoms with E-state index < -0.39 is 0 Å². The standard InChI is InChI=1S/C18H29N3O/c1-14(21-9-4-7-19-8-10-21)11-15-5-6-17-16(12-15)20-13-18(2,3)22-17/h5-6,12,14,19-20H,4,7-11,13H2,1-3H3. The molecule has 2 aliphatic heterocycles. The van der Waals surface area contributed by atoms with Crippen molar-refractivity contribution in [2.75, 3.05) is 38.0 Å². The zero-order valence-corrected chi connectivity index (χ0v) is 14.1. The van der Waals surface area contributed by atoms with Gasteiger partial charge in [-0.2, -0.15) is 0 Å². The Balaban J connectivity index is 1.65. The minimum Gasteiger partial charge on any atom is -0.484 e. The molecule has 22 heavy (non-hydrogen) atoms. The minimum atomic E-state index is -0.124. The summed E-state index contributed by atoms with van der Waals surface area (Å²) in [7, 11) is 0. The Bertz CT molecular complexity index is 507. The molecule has 1 aromatic carbocycles. The summed E-state index contributed by atoms with van der Waals surface area (Å²) < 4.78 is 6.03. The van der Waals surface area contributed by atoms with E-state index in [1.807, 2.05) is 0 Å². The Hall–Kier alpha value is -1.26. The van der Waals surface area contributed by atoms with E-state index in [-0.39, 0.29) is 5.60 Å². The zero-order chi connectivity index (χ0) is 15.6. The maximum absolute atomic E-state index is 6.03. The molecule has 4 nitrogen and oxygen atoms in total. The lowest BCUT2D eigenvalue weighted by atomic mass is 10.0. The highest BCUT2D eigenvalue weighted by molar-refractivity contribution is 5.60. The summed E-state index contributed by atoms with van der Waals surface area (Å²) in [5, 5.41) is 6.98. The summed E-state index contributed by atoms with van der Waals surface area (Å²) in [5.41, 5.74) is 2.40. The number of benzene rings is 1. The number of nitrogens with zero attached hydrogens (tertiary/aromatic N) is 1. The van der Waals surface area contributed by atoms with Crippen LogP contribution in [0.5, 0.6) is 5.75 Å². The second-order valence-corrected chi connectivity index (χ2v) is 7.24. The molecule has 1 unspecified atom stereocenters. The molecule has 3 rings (SSSR count). The number of hydrogen-bond acceptors (Lipinski definition) is 4. The average molecular weight is 303 g/mol. The second kappa shape index (κ2) is 6.47. The van der Waals surface area contributed by atoms with Crippen molar-refractivity contribution in [2.24, 2.45) is 0 Å². The zero-order valence-electron chi connectivity index (χ0n) is 14.1. The first-order chi connectivity index (χ1) is 10.5. The van der Waals surface area contributed by atoms with Crippen LogP contribution in [-0.2, 0) is 6.42 Å². The third-order valence-corrected chi connectivity index (χ3v) is 4.66. The van der Waals surface area contributed by atoms with Crippen LogP contribution in [0.4, 0.5) is 5.69 Å². The smallest absolute Gasteiger partial charge is 0.143 e. The third-order valence-electron chi connectivity index (χ3n) is 4.66. The van der Waals surface area contributed by atoms with Crippen molar-refractivity contribution in [3.05, 3.63) is 23.8 Å². The number of anilines is 1. The highest BCUT2D eigenvalue weighted by atomic mass is 16.5. The lowest BCUT2D eigenvalue weighted by molar-refractivity contribution is 0.116. The average Bonchev–Trinajstić information content (AvgIpc) is 2.76. The van der Waals surface area contributed by atoms with Gasteiger partial charge in [0.2, 0.25) is 0 Å². The van der Waals surface area contributed by atoms with Crippen LogP contribution >= 0.6 is 0 Å². The van der Waals surface area contributed by atoms with Gasteiger partial charge in [0.1, 0.15) is 11.4 Å². The monoisotopic (exact) mass is 303 g/mol. The van der Waals surface area contributed by atoms with Gasteiger partial charge in [-0.25, -0.2) is 0 Å². The fraction of sp³-hybridized carbons (Fsp3) is 0.667. The van der Waals surface area contributed by atoms with Crippen LogP contribution < -0.4 is 15.4 Å². The van der Waals surface area contributed by atoms with E-state index in [0.717, 1.165) is 44.0 Å². The van der Waals surface area contributed by atoms with Crippen LogP contribution in [0.2, 0.25) is 0 Å². The van der Waals surface area contributed by atoms with Crippen LogP contribution in [0.15, 0.2) is 18.2 Å². The molecule has 0 aromatic heterocycles. The Morgan fingerprint density at radius 3 is 3.00 bits per heavy atom. The van der Waals surface area contributed by atoms with Crippen LogP contribution in [0.1, 0.15) is 32.8 Å². The van der Waals surface area contributed by atoms with Gasteiger partial charge in [0.15, 0.2) is 0 Å². The Morgan fingerprint density at radius 2 is 2.14 bits per heavy atom. The SMILES string of the molecule is CC(Cc1ccc2c(c1)NCC(C)(C)O2)N1CCCNCC1. The van der Waals surface area contributed by atoms with E-state index in [0.29, 0.717) is 6.04 Å². The van der Waals surface area contributed by atoms with Gasteiger partial charge in [-0.15, -0.1) is 0 Å². The van der Waals surface area contributed by atoms with E-state index in [2.05, 4.69) is 54.5 Å². The second-order valence-electron chi connectivity index (χ2n) is 7.24. The van der Waals surface area contributed by atoms with Crippen molar-refractivity contribution in [3.63, 3.8) is 0 Å². The molecule has 1 aromatic rings. The van der Waals surface area contributed by atoms with Gasteiger partial charge < -0.3 is 15.4 Å². The van der Waals surface area contributed by atoms with Crippen LogP contribution in [0.3, 0.4) is 0 Å². The molecule has 0 radical (unpaired) electrons. The van der Waals surface area contributed by atoms with Crippen LogP contribution in [0.25, 0.3) is 0 Å². The number of hydrogen-bond donors (Lipinski definition) is 2. The molecule has 122 valence electrons. The molecule has 0 saturated carbocycles. The van der Waals surface area contributed by atoms with Crippen molar-refractivity contribution in [1.29, 1.82) is 0 Å². The van der Waals surface area contributed by atoms with Crippen molar-refractivity contribution < 1.29 is 4.74 Å². The molecule has 1 atom stereocenters. The Kier molecular flexibility index (Phi) is 4.59. The van der Waals surface area contributed by atoms with E-state index in [1.54, 1.807) is 0 Å². The largest absolute Gasteiger partial charge is 0.484 e. The minimum absolute atomic E-state index is 0.124. The summed E-state index contributed by atoms with van der Waals surface area (Å²) in [5.74, 6) is 0.978. The first-order valence-electron chi connectivity index (χ1n) is 8.54. The van der Waals surface area contributed by atoms with Crippen molar-refractivity contribution in [1.82, 2.24) is 10.2 Å². The van der Waals surface area contributed by atoms with E-state index in [9.17, 15) is 0 Å². The van der Waals surface area contributed by atoms with Crippen molar-refractivity contribution in [3.8, 4) is 5.75 Å². The van der Waals surface area contributed by atoms with E-state index in [4.69, 9.17) is 4.74 Å². The maximum atomic E-state index is 6.03. The normalized spacial score (nSPS) is 22.9. The maximum Gasteiger partial charge on any atom is 0.143 e. The molecule has 1 fully saturated rings. The fourth-order valence-electron chi connectivity index (χ4n) is 3.35. The molecule has 2 N–H and O–H groups in total. The fourth-order valence-corrected chi connectivity index (χ4v) is 3.35. The van der Waals surface area contributed by atoms with Gasteiger partial charge in [0.25, 0.3) is 0 Å². The van der Waals surface area contributed by atoms with Gasteiger partial charge in [-0.05, 0) is 64.4 Å². The summed E-state index contributed by atoms with van der Waals surface area (Å²) >= 11 is 0. The van der Waals surface area contributed by atoms with Gasteiger partial charge in [-0.3, -0.25) is 4.90 Å². The first kappa shape index (κ1) is 15.6. The molecule has 1 saturated heterocycles. The summed E-state index contributed by atoms with van der Waals surface area (Å²) in [6.45, 7) is 12.1. The molecule has 0 aliphatic carbocycles. The van der Waals surface area contributed by atoms with Gasteiger partial charge in [0, 0.05) is 19.1 Å². The molecular weight excluding hydrogens is 274 g/mol. The molecule has 4 heteroatoms. The number of ether oxygens (including phenoxy) is 1. The van der Waals surface area contributed by atoms with Gasteiger partial charge in [0.05, 0.1) is 12.2 Å². The Labute approximate surface area is 134 Å². The summed E-state index contributed by atoms with van der Waals surface area (Å²) in [4.78, 5) is 2.60. The first-order valence-corrected chi connectivity index (χ1v) is 8.54. The van der Waals surface area contributed by atoms with Crippen molar-refractivity contribution in [2.45, 2.75) is 45.3 Å². The predicted octanol–water partition coefficient (Wildman–Crippen LogP) is 2.50. The number of fused-ring (bicyclic) bond motifs is 1. The lowest BCUT2D eigenvalue weighted by Crippen LogP contribution is -2.40. The highest BCUT2D eigenvalue weighted by Crippen LogP contribution is 2.33. The molecule has 2 aliphatic rings. The topological polar surface area (TPSA) is 36.5 Å². The predicted molar refractivity (Wildman–Crippen MR) is 91.9 cm³/mol.